The van der Waals surface area contributed by atoms with Crippen molar-refractivity contribution in [3.05, 3.63) is 24.1 Å². The lowest BCUT2D eigenvalue weighted by atomic mass is 10.0. The number of nitrogens with zero attached hydrogens (tertiary/aromatic N) is 2. The highest BCUT2D eigenvalue weighted by atomic mass is 16.3. The van der Waals surface area contributed by atoms with Gasteiger partial charge in [-0.05, 0) is 24.0 Å². The monoisotopic (exact) mass is 245 g/mol. The van der Waals surface area contributed by atoms with Crippen molar-refractivity contribution >= 4 is 16.8 Å². The van der Waals surface area contributed by atoms with Gasteiger partial charge in [0.2, 0.25) is 5.89 Å². The van der Waals surface area contributed by atoms with Gasteiger partial charge < -0.3 is 10.2 Å². The van der Waals surface area contributed by atoms with Gasteiger partial charge in [0.1, 0.15) is 5.52 Å². The highest BCUT2D eigenvalue weighted by molar-refractivity contribution is 5.85. The minimum atomic E-state index is 0.686. The molecule has 0 amide bonds. The van der Waals surface area contributed by atoms with E-state index in [4.69, 9.17) is 10.2 Å². The molecule has 18 heavy (non-hydrogen) atoms. The molecular formula is C14H19N3O. The SMILES string of the molecule is CC1CN(Cc2nc3c(N)cccc3o2)CC1C. The van der Waals surface area contributed by atoms with Gasteiger partial charge in [-0.15, -0.1) is 0 Å². The number of oxazole rings is 1. The number of fused-ring (bicyclic) bond motifs is 1. The molecule has 96 valence electrons. The number of rotatable bonds is 2. The highest BCUT2D eigenvalue weighted by Gasteiger charge is 2.27. The number of hydrogen-bond donors (Lipinski definition) is 1. The molecule has 1 aromatic carbocycles. The summed E-state index contributed by atoms with van der Waals surface area (Å²) >= 11 is 0. The van der Waals surface area contributed by atoms with Gasteiger partial charge in [-0.2, -0.15) is 0 Å². The summed E-state index contributed by atoms with van der Waals surface area (Å²) in [6, 6.07) is 5.67. The summed E-state index contributed by atoms with van der Waals surface area (Å²) in [4.78, 5) is 6.89. The van der Waals surface area contributed by atoms with Crippen molar-refractivity contribution in [2.45, 2.75) is 20.4 Å². The second kappa shape index (κ2) is 4.28. The van der Waals surface area contributed by atoms with Crippen LogP contribution in [-0.2, 0) is 6.54 Å². The molecule has 1 aliphatic heterocycles. The van der Waals surface area contributed by atoms with E-state index in [1.165, 1.54) is 0 Å². The van der Waals surface area contributed by atoms with E-state index >= 15 is 0 Å². The molecule has 0 radical (unpaired) electrons. The molecule has 2 N–H and O–H groups in total. The van der Waals surface area contributed by atoms with E-state index in [2.05, 4.69) is 23.7 Å². The standard InChI is InChI=1S/C14H19N3O/c1-9-6-17(7-10(9)2)8-13-16-14-11(15)4-3-5-12(14)18-13/h3-5,9-10H,6-8,15H2,1-2H3. The smallest absolute Gasteiger partial charge is 0.209 e. The summed E-state index contributed by atoms with van der Waals surface area (Å²) in [5, 5.41) is 0. The number of para-hydroxylation sites is 1. The number of nitrogens with two attached hydrogens (primary N) is 1. The molecule has 1 aliphatic rings. The van der Waals surface area contributed by atoms with Gasteiger partial charge in [0.15, 0.2) is 5.58 Å². The number of benzene rings is 1. The molecule has 4 nitrogen and oxygen atoms in total. The van der Waals surface area contributed by atoms with Crippen molar-refractivity contribution in [3.63, 3.8) is 0 Å². The molecule has 2 aromatic rings. The van der Waals surface area contributed by atoms with Crippen LogP contribution in [0.25, 0.3) is 11.1 Å². The zero-order valence-corrected chi connectivity index (χ0v) is 10.9. The molecular weight excluding hydrogens is 226 g/mol. The van der Waals surface area contributed by atoms with Crippen LogP contribution in [0.1, 0.15) is 19.7 Å². The average Bonchev–Trinajstić information content (AvgIpc) is 2.85. The van der Waals surface area contributed by atoms with Crippen molar-refractivity contribution in [1.82, 2.24) is 9.88 Å². The maximum Gasteiger partial charge on any atom is 0.209 e. The van der Waals surface area contributed by atoms with Crippen LogP contribution in [0.15, 0.2) is 22.6 Å². The van der Waals surface area contributed by atoms with Crippen molar-refractivity contribution < 1.29 is 4.42 Å². The van der Waals surface area contributed by atoms with Gasteiger partial charge in [-0.25, -0.2) is 4.98 Å². The van der Waals surface area contributed by atoms with E-state index in [1.54, 1.807) is 0 Å². The summed E-state index contributed by atoms with van der Waals surface area (Å²) in [6.07, 6.45) is 0. The zero-order chi connectivity index (χ0) is 12.7. The van der Waals surface area contributed by atoms with Gasteiger partial charge in [0.05, 0.1) is 12.2 Å². The molecule has 2 heterocycles. The molecule has 2 unspecified atom stereocenters. The van der Waals surface area contributed by atoms with Crippen LogP contribution in [0.2, 0.25) is 0 Å². The lowest BCUT2D eigenvalue weighted by Crippen LogP contribution is -2.20. The Hall–Kier alpha value is -1.55. The number of nitrogen functional groups attached to an aromatic ring is 1. The minimum absolute atomic E-state index is 0.686. The molecule has 4 heteroatoms. The highest BCUT2D eigenvalue weighted by Crippen LogP contribution is 2.26. The van der Waals surface area contributed by atoms with Crippen molar-refractivity contribution in [3.8, 4) is 0 Å². The van der Waals surface area contributed by atoms with E-state index < -0.39 is 0 Å². The van der Waals surface area contributed by atoms with E-state index in [0.717, 1.165) is 48.5 Å². The topological polar surface area (TPSA) is 55.3 Å². The Kier molecular flexibility index (Phi) is 2.74. The second-order valence-corrected chi connectivity index (χ2v) is 5.45. The normalized spacial score (nSPS) is 25.0. The predicted molar refractivity (Wildman–Crippen MR) is 72.0 cm³/mol. The Morgan fingerprint density at radius 3 is 2.72 bits per heavy atom. The first kappa shape index (κ1) is 11.5. The van der Waals surface area contributed by atoms with E-state index in [-0.39, 0.29) is 0 Å². The Bertz CT molecular complexity index is 553. The maximum atomic E-state index is 5.89. The average molecular weight is 245 g/mol. The van der Waals surface area contributed by atoms with Crippen molar-refractivity contribution in [2.75, 3.05) is 18.8 Å². The molecule has 1 aromatic heterocycles. The Labute approximate surface area is 107 Å². The van der Waals surface area contributed by atoms with E-state index in [0.29, 0.717) is 5.69 Å². The molecule has 3 rings (SSSR count). The molecule has 0 aliphatic carbocycles. The van der Waals surface area contributed by atoms with E-state index in [1.807, 2.05) is 18.2 Å². The lowest BCUT2D eigenvalue weighted by Gasteiger charge is -2.11. The number of likely N-dealkylation sites (tertiary alicyclic amines) is 1. The van der Waals surface area contributed by atoms with Crippen LogP contribution >= 0.6 is 0 Å². The van der Waals surface area contributed by atoms with Gasteiger partial charge >= 0.3 is 0 Å². The van der Waals surface area contributed by atoms with Crippen LogP contribution in [0.3, 0.4) is 0 Å². The first-order valence-corrected chi connectivity index (χ1v) is 6.49. The number of hydrogen-bond acceptors (Lipinski definition) is 4. The van der Waals surface area contributed by atoms with Crippen LogP contribution in [0.5, 0.6) is 0 Å². The Morgan fingerprint density at radius 1 is 1.33 bits per heavy atom. The molecule has 1 saturated heterocycles. The van der Waals surface area contributed by atoms with Gasteiger partial charge in [-0.3, -0.25) is 4.90 Å². The second-order valence-electron chi connectivity index (χ2n) is 5.45. The summed E-state index contributed by atoms with van der Waals surface area (Å²) in [6.45, 7) is 7.62. The largest absolute Gasteiger partial charge is 0.439 e. The summed E-state index contributed by atoms with van der Waals surface area (Å²) in [5.74, 6) is 2.27. The number of anilines is 1. The molecule has 0 bridgehead atoms. The van der Waals surface area contributed by atoms with Crippen molar-refractivity contribution in [2.24, 2.45) is 11.8 Å². The van der Waals surface area contributed by atoms with Gasteiger partial charge in [-0.1, -0.05) is 19.9 Å². The molecule has 1 fully saturated rings. The van der Waals surface area contributed by atoms with Crippen LogP contribution < -0.4 is 5.73 Å². The minimum Gasteiger partial charge on any atom is -0.439 e. The quantitative estimate of drug-likeness (QED) is 0.826. The summed E-state index contributed by atoms with van der Waals surface area (Å²) in [5.41, 5.74) is 8.14. The summed E-state index contributed by atoms with van der Waals surface area (Å²) in [7, 11) is 0. The fraction of sp³-hybridized carbons (Fsp3) is 0.500. The van der Waals surface area contributed by atoms with Crippen LogP contribution in [0, 0.1) is 11.8 Å². The predicted octanol–water partition coefficient (Wildman–Crippen LogP) is 2.50. The maximum absolute atomic E-state index is 5.89. The molecule has 2 atom stereocenters. The van der Waals surface area contributed by atoms with Crippen molar-refractivity contribution in [1.29, 1.82) is 0 Å². The van der Waals surface area contributed by atoms with Crippen LogP contribution in [0.4, 0.5) is 5.69 Å². The zero-order valence-electron chi connectivity index (χ0n) is 10.9. The lowest BCUT2D eigenvalue weighted by molar-refractivity contribution is 0.283. The third kappa shape index (κ3) is 1.97. The fourth-order valence-corrected chi connectivity index (χ4v) is 2.65. The Balaban J connectivity index is 1.81. The first-order chi connectivity index (χ1) is 8.63. The first-order valence-electron chi connectivity index (χ1n) is 6.49. The number of aromatic nitrogens is 1. The Morgan fingerprint density at radius 2 is 2.06 bits per heavy atom. The fourth-order valence-electron chi connectivity index (χ4n) is 2.65. The third-order valence-electron chi connectivity index (χ3n) is 3.92. The molecule has 0 spiro atoms. The summed E-state index contributed by atoms with van der Waals surface area (Å²) < 4.78 is 5.75. The third-order valence-corrected chi connectivity index (χ3v) is 3.92. The van der Waals surface area contributed by atoms with Gasteiger partial charge in [0, 0.05) is 13.1 Å². The van der Waals surface area contributed by atoms with Gasteiger partial charge in [0.25, 0.3) is 0 Å². The molecule has 0 saturated carbocycles. The van der Waals surface area contributed by atoms with Crippen LogP contribution in [-0.4, -0.2) is 23.0 Å². The van der Waals surface area contributed by atoms with E-state index in [9.17, 15) is 0 Å².